The first-order valence-corrected chi connectivity index (χ1v) is 8.71. The van der Waals surface area contributed by atoms with Crippen molar-refractivity contribution in [1.29, 1.82) is 0 Å². The molecule has 7 nitrogen and oxygen atoms in total. The monoisotopic (exact) mass is 345 g/mol. The lowest BCUT2D eigenvalue weighted by Crippen LogP contribution is -2.10. The zero-order valence-corrected chi connectivity index (χ0v) is 14.4. The number of nitrogens with zero attached hydrogens (tertiary/aromatic N) is 4. The van der Waals surface area contributed by atoms with E-state index in [1.165, 1.54) is 11.1 Å². The van der Waals surface area contributed by atoms with Crippen LogP contribution >= 0.6 is 0 Å². The van der Waals surface area contributed by atoms with Crippen molar-refractivity contribution < 1.29 is 0 Å². The highest BCUT2D eigenvalue weighted by molar-refractivity contribution is 5.88. The molecule has 3 aromatic heterocycles. The molecule has 1 aromatic carbocycles. The van der Waals surface area contributed by atoms with Gasteiger partial charge in [0.25, 0.3) is 0 Å². The Bertz CT molecular complexity index is 1080. The van der Waals surface area contributed by atoms with Gasteiger partial charge in [0.05, 0.1) is 23.3 Å². The molecule has 1 aliphatic rings. The molecule has 0 amide bonds. The highest BCUT2D eigenvalue weighted by Crippen LogP contribution is 2.35. The third-order valence-corrected chi connectivity index (χ3v) is 4.82. The molecule has 0 spiro atoms. The molecule has 0 unspecified atom stereocenters. The molecule has 0 fully saturated rings. The Morgan fingerprint density at radius 2 is 2.12 bits per heavy atom. The number of aromatic amines is 1. The average molecular weight is 345 g/mol. The number of anilines is 3. The summed E-state index contributed by atoms with van der Waals surface area (Å²) in [5.74, 6) is 1.38. The van der Waals surface area contributed by atoms with Gasteiger partial charge in [-0.05, 0) is 30.0 Å². The van der Waals surface area contributed by atoms with E-state index in [-0.39, 0.29) is 6.04 Å². The molecule has 0 saturated carbocycles. The summed E-state index contributed by atoms with van der Waals surface area (Å²) in [6.07, 6.45) is 7.70. The van der Waals surface area contributed by atoms with Crippen LogP contribution in [0.3, 0.4) is 0 Å². The number of benzene rings is 1. The van der Waals surface area contributed by atoms with Crippen LogP contribution in [0, 0.1) is 0 Å². The highest BCUT2D eigenvalue weighted by atomic mass is 15.3. The summed E-state index contributed by atoms with van der Waals surface area (Å²) < 4.78 is 1.74. The zero-order chi connectivity index (χ0) is 17.5. The first kappa shape index (κ1) is 14.9. The number of fused-ring (bicyclic) bond motifs is 2. The maximum absolute atomic E-state index is 4.72. The number of H-pyrrole nitrogens is 1. The van der Waals surface area contributed by atoms with E-state index in [4.69, 9.17) is 4.98 Å². The second-order valence-corrected chi connectivity index (χ2v) is 6.60. The third kappa shape index (κ3) is 2.57. The lowest BCUT2D eigenvalue weighted by Gasteiger charge is -2.16. The Kier molecular flexibility index (Phi) is 3.38. The quantitative estimate of drug-likeness (QED) is 0.527. The largest absolute Gasteiger partial charge is 0.363 e. The standard InChI is InChI=1S/C19H19N7/c1-26-11-13(10-21-26)22-19-24-17-15(8-9-20-17)18(25-19)23-16-7-6-12-4-2-3-5-14(12)16/h2-5,8-11,16H,6-7H2,1H3,(H3,20,22,23,24,25)/t16-/m1/s1. The van der Waals surface area contributed by atoms with Crippen LogP contribution in [0.25, 0.3) is 11.0 Å². The maximum Gasteiger partial charge on any atom is 0.231 e. The Morgan fingerprint density at radius 3 is 3.00 bits per heavy atom. The summed E-state index contributed by atoms with van der Waals surface area (Å²) in [5.41, 5.74) is 4.44. The first-order chi connectivity index (χ1) is 12.8. The first-order valence-electron chi connectivity index (χ1n) is 8.71. The van der Waals surface area contributed by atoms with Crippen LogP contribution in [0.2, 0.25) is 0 Å². The Labute approximate surface area is 150 Å². The Balaban J connectivity index is 1.50. The van der Waals surface area contributed by atoms with E-state index in [1.54, 1.807) is 10.9 Å². The predicted molar refractivity (Wildman–Crippen MR) is 102 cm³/mol. The van der Waals surface area contributed by atoms with Gasteiger partial charge in [-0.25, -0.2) is 0 Å². The minimum atomic E-state index is 0.269. The third-order valence-electron chi connectivity index (χ3n) is 4.82. The molecule has 0 bridgehead atoms. The number of hydrogen-bond acceptors (Lipinski definition) is 5. The van der Waals surface area contributed by atoms with Crippen LogP contribution in [0.1, 0.15) is 23.6 Å². The van der Waals surface area contributed by atoms with E-state index in [1.807, 2.05) is 25.5 Å². The van der Waals surface area contributed by atoms with Gasteiger partial charge in [-0.2, -0.15) is 15.1 Å². The molecule has 130 valence electrons. The second-order valence-electron chi connectivity index (χ2n) is 6.60. The summed E-state index contributed by atoms with van der Waals surface area (Å²) in [4.78, 5) is 12.5. The fourth-order valence-electron chi connectivity index (χ4n) is 3.59. The molecular weight excluding hydrogens is 326 g/mol. The minimum Gasteiger partial charge on any atom is -0.363 e. The Morgan fingerprint density at radius 1 is 1.19 bits per heavy atom. The van der Waals surface area contributed by atoms with Gasteiger partial charge in [-0.3, -0.25) is 4.68 Å². The molecule has 0 saturated heterocycles. The molecule has 3 heterocycles. The van der Waals surface area contributed by atoms with Crippen LogP contribution in [-0.2, 0) is 13.5 Å². The van der Waals surface area contributed by atoms with Crippen LogP contribution in [0.15, 0.2) is 48.9 Å². The van der Waals surface area contributed by atoms with E-state index >= 15 is 0 Å². The zero-order valence-electron chi connectivity index (χ0n) is 14.4. The van der Waals surface area contributed by atoms with Gasteiger partial charge in [-0.15, -0.1) is 0 Å². The lowest BCUT2D eigenvalue weighted by atomic mass is 10.1. The van der Waals surface area contributed by atoms with Gasteiger partial charge in [0, 0.05) is 19.4 Å². The fourth-order valence-corrected chi connectivity index (χ4v) is 3.59. The van der Waals surface area contributed by atoms with Gasteiger partial charge >= 0.3 is 0 Å². The average Bonchev–Trinajstić information content (AvgIpc) is 3.36. The van der Waals surface area contributed by atoms with Crippen molar-refractivity contribution in [2.75, 3.05) is 10.6 Å². The number of nitrogens with one attached hydrogen (secondary N) is 3. The maximum atomic E-state index is 4.72. The topological polar surface area (TPSA) is 83.5 Å². The summed E-state index contributed by atoms with van der Waals surface area (Å²) in [6.45, 7) is 0. The molecule has 3 N–H and O–H groups in total. The van der Waals surface area contributed by atoms with Gasteiger partial charge in [0.2, 0.25) is 5.95 Å². The highest BCUT2D eigenvalue weighted by Gasteiger charge is 2.23. The molecule has 1 atom stereocenters. The summed E-state index contributed by atoms with van der Waals surface area (Å²) in [6, 6.07) is 10.9. The van der Waals surface area contributed by atoms with Crippen LogP contribution < -0.4 is 10.6 Å². The van der Waals surface area contributed by atoms with Gasteiger partial charge in [-0.1, -0.05) is 24.3 Å². The van der Waals surface area contributed by atoms with Crippen molar-refractivity contribution in [3.05, 3.63) is 60.0 Å². The minimum absolute atomic E-state index is 0.269. The van der Waals surface area contributed by atoms with Crippen LogP contribution in [0.5, 0.6) is 0 Å². The normalized spacial score (nSPS) is 16.0. The van der Waals surface area contributed by atoms with Gasteiger partial charge in [0.15, 0.2) is 0 Å². The van der Waals surface area contributed by atoms with Crippen molar-refractivity contribution in [1.82, 2.24) is 24.7 Å². The van der Waals surface area contributed by atoms with Crippen LogP contribution in [-0.4, -0.2) is 24.7 Å². The number of aromatic nitrogens is 5. The molecule has 0 radical (unpaired) electrons. The SMILES string of the molecule is Cn1cc(Nc2nc(N[C@@H]3CCc4ccccc43)c3cc[nH]c3n2)cn1. The fraction of sp³-hybridized carbons (Fsp3) is 0.211. The molecule has 5 rings (SSSR count). The van der Waals surface area contributed by atoms with Crippen molar-refractivity contribution in [2.24, 2.45) is 7.05 Å². The lowest BCUT2D eigenvalue weighted by molar-refractivity contribution is 0.758. The molecule has 0 aliphatic heterocycles. The second kappa shape index (κ2) is 5.87. The number of aryl methyl sites for hydroxylation is 2. The molecular formula is C19H19N7. The molecule has 26 heavy (non-hydrogen) atoms. The van der Waals surface area contributed by atoms with Crippen molar-refractivity contribution in [3.63, 3.8) is 0 Å². The molecule has 7 heteroatoms. The van der Waals surface area contributed by atoms with Crippen molar-refractivity contribution in [2.45, 2.75) is 18.9 Å². The van der Waals surface area contributed by atoms with E-state index in [9.17, 15) is 0 Å². The van der Waals surface area contributed by atoms with Gasteiger partial charge < -0.3 is 15.6 Å². The van der Waals surface area contributed by atoms with E-state index in [0.717, 1.165) is 35.4 Å². The Hall–Kier alpha value is -3.35. The molecule has 1 aliphatic carbocycles. The van der Waals surface area contributed by atoms with E-state index in [0.29, 0.717) is 5.95 Å². The van der Waals surface area contributed by atoms with Gasteiger partial charge in [0.1, 0.15) is 11.5 Å². The van der Waals surface area contributed by atoms with Crippen molar-refractivity contribution in [3.8, 4) is 0 Å². The van der Waals surface area contributed by atoms with E-state index < -0.39 is 0 Å². The number of hydrogen-bond donors (Lipinski definition) is 3. The van der Waals surface area contributed by atoms with Crippen molar-refractivity contribution >= 4 is 28.5 Å². The molecule has 4 aromatic rings. The summed E-state index contributed by atoms with van der Waals surface area (Å²) in [5, 5.41) is 12.0. The predicted octanol–water partition coefficient (Wildman–Crippen LogP) is 3.53. The smallest absolute Gasteiger partial charge is 0.231 e. The van der Waals surface area contributed by atoms with Crippen LogP contribution in [0.4, 0.5) is 17.5 Å². The number of rotatable bonds is 4. The summed E-state index contributed by atoms with van der Waals surface area (Å²) >= 11 is 0. The van der Waals surface area contributed by atoms with E-state index in [2.05, 4.69) is 50.0 Å². The summed E-state index contributed by atoms with van der Waals surface area (Å²) in [7, 11) is 1.88.